The summed E-state index contributed by atoms with van der Waals surface area (Å²) in [7, 11) is 0. The van der Waals surface area contributed by atoms with Crippen LogP contribution in [0.1, 0.15) is 11.1 Å². The molecule has 3 aromatic carbocycles. The number of nitrogens with zero attached hydrogens (tertiary/aromatic N) is 4. The highest BCUT2D eigenvalue weighted by atomic mass is 35.5. The fraction of sp³-hybridized carbons (Fsp3) is 0.107. The quantitative estimate of drug-likeness (QED) is 0.283. The summed E-state index contributed by atoms with van der Waals surface area (Å²) in [5.74, 6) is 1.23. The molecule has 6 heteroatoms. The highest BCUT2D eigenvalue weighted by Crippen LogP contribution is 2.40. The van der Waals surface area contributed by atoms with Gasteiger partial charge in [0.15, 0.2) is 5.82 Å². The third-order valence-corrected chi connectivity index (χ3v) is 6.60. The summed E-state index contributed by atoms with van der Waals surface area (Å²) in [5, 5.41) is 1.71. The summed E-state index contributed by atoms with van der Waals surface area (Å²) < 4.78 is 13.5. The number of anilines is 2. The number of hydrogen-bond acceptors (Lipinski definition) is 4. The maximum atomic E-state index is 13.5. The Hall–Kier alpha value is -3.83. The Kier molecular flexibility index (Phi) is 5.00. The summed E-state index contributed by atoms with van der Waals surface area (Å²) in [4.78, 5) is 16.5. The van der Waals surface area contributed by atoms with Gasteiger partial charge in [-0.05, 0) is 84.1 Å². The van der Waals surface area contributed by atoms with Gasteiger partial charge in [-0.2, -0.15) is 0 Å². The van der Waals surface area contributed by atoms with E-state index in [-0.39, 0.29) is 5.82 Å². The molecule has 0 fully saturated rings. The zero-order chi connectivity index (χ0) is 23.2. The molecule has 3 heterocycles. The first-order valence-electron chi connectivity index (χ1n) is 11.1. The summed E-state index contributed by atoms with van der Waals surface area (Å²) >= 11 is 6.25. The van der Waals surface area contributed by atoms with E-state index in [1.165, 1.54) is 17.7 Å². The Labute approximate surface area is 201 Å². The van der Waals surface area contributed by atoms with E-state index < -0.39 is 0 Å². The van der Waals surface area contributed by atoms with Gasteiger partial charge in [0.05, 0.1) is 5.52 Å². The largest absolute Gasteiger partial charge is 0.325 e. The van der Waals surface area contributed by atoms with E-state index in [0.29, 0.717) is 5.82 Å². The van der Waals surface area contributed by atoms with E-state index in [4.69, 9.17) is 21.6 Å². The Morgan fingerprint density at radius 3 is 2.59 bits per heavy atom. The van der Waals surface area contributed by atoms with Crippen molar-refractivity contribution in [2.24, 2.45) is 0 Å². The highest BCUT2D eigenvalue weighted by molar-refractivity contribution is 6.30. The second kappa shape index (κ2) is 8.19. The van der Waals surface area contributed by atoms with Crippen molar-refractivity contribution in [2.45, 2.75) is 13.3 Å². The summed E-state index contributed by atoms with van der Waals surface area (Å²) in [6.45, 7) is 2.87. The molecule has 1 aliphatic rings. The highest BCUT2D eigenvalue weighted by Gasteiger charge is 2.25. The molecule has 0 saturated carbocycles. The van der Waals surface area contributed by atoms with Crippen molar-refractivity contribution < 1.29 is 4.39 Å². The molecule has 0 aliphatic carbocycles. The van der Waals surface area contributed by atoms with E-state index in [1.807, 2.05) is 24.3 Å². The standard InChI is InChI=1S/C28H20ClFN4/c1-17-23(18-4-7-22(30)8-5-18)9-10-24-26(17)32-27(20-3-2-13-31-16-20)33-28(24)34-14-12-19-15-21(29)6-11-25(19)34/h2-11,13,15-16H,12,14H2,1H3. The average Bonchev–Trinajstić information content (AvgIpc) is 3.28. The predicted molar refractivity (Wildman–Crippen MR) is 135 cm³/mol. The Morgan fingerprint density at radius 2 is 1.79 bits per heavy atom. The van der Waals surface area contributed by atoms with E-state index in [0.717, 1.165) is 62.7 Å². The van der Waals surface area contributed by atoms with Crippen molar-refractivity contribution in [3.63, 3.8) is 0 Å². The Morgan fingerprint density at radius 1 is 0.941 bits per heavy atom. The Bertz CT molecular complexity index is 1530. The van der Waals surface area contributed by atoms with E-state index in [2.05, 4.69) is 35.0 Å². The lowest BCUT2D eigenvalue weighted by atomic mass is 9.97. The first-order valence-corrected chi connectivity index (χ1v) is 11.5. The number of rotatable bonds is 3. The minimum absolute atomic E-state index is 0.251. The smallest absolute Gasteiger partial charge is 0.163 e. The van der Waals surface area contributed by atoms with Gasteiger partial charge in [0.1, 0.15) is 11.6 Å². The van der Waals surface area contributed by atoms with Crippen LogP contribution < -0.4 is 4.90 Å². The van der Waals surface area contributed by atoms with Crippen LogP contribution in [0.25, 0.3) is 33.4 Å². The van der Waals surface area contributed by atoms with Crippen LogP contribution in [0.4, 0.5) is 15.9 Å². The van der Waals surface area contributed by atoms with Gasteiger partial charge in [-0.25, -0.2) is 14.4 Å². The molecule has 0 radical (unpaired) electrons. The van der Waals surface area contributed by atoms with Crippen molar-refractivity contribution in [1.82, 2.24) is 15.0 Å². The van der Waals surface area contributed by atoms with Crippen LogP contribution >= 0.6 is 11.6 Å². The molecule has 0 amide bonds. The van der Waals surface area contributed by atoms with Crippen molar-refractivity contribution in [2.75, 3.05) is 11.4 Å². The zero-order valence-corrected chi connectivity index (χ0v) is 19.2. The maximum absolute atomic E-state index is 13.5. The monoisotopic (exact) mass is 466 g/mol. The van der Waals surface area contributed by atoms with Crippen LogP contribution in [0.5, 0.6) is 0 Å². The minimum atomic E-state index is -0.251. The lowest BCUT2D eigenvalue weighted by molar-refractivity contribution is 0.628. The number of pyridine rings is 1. The number of aryl methyl sites for hydroxylation is 1. The topological polar surface area (TPSA) is 41.9 Å². The number of aromatic nitrogens is 3. The number of benzene rings is 3. The van der Waals surface area contributed by atoms with Gasteiger partial charge in [0.25, 0.3) is 0 Å². The second-order valence-corrected chi connectivity index (χ2v) is 8.86. The third-order valence-electron chi connectivity index (χ3n) is 6.37. The maximum Gasteiger partial charge on any atom is 0.163 e. The second-order valence-electron chi connectivity index (χ2n) is 8.43. The molecular formula is C28H20ClFN4. The first kappa shape index (κ1) is 20.8. The molecule has 0 atom stereocenters. The van der Waals surface area contributed by atoms with Gasteiger partial charge in [0.2, 0.25) is 0 Å². The van der Waals surface area contributed by atoms with E-state index in [9.17, 15) is 4.39 Å². The van der Waals surface area contributed by atoms with Gasteiger partial charge in [-0.1, -0.05) is 29.8 Å². The van der Waals surface area contributed by atoms with Crippen LogP contribution in [0.2, 0.25) is 5.02 Å². The Balaban J connectivity index is 1.60. The summed E-state index contributed by atoms with van der Waals surface area (Å²) in [6.07, 6.45) is 4.42. The van der Waals surface area contributed by atoms with Crippen molar-refractivity contribution >= 4 is 34.0 Å². The molecule has 4 nitrogen and oxygen atoms in total. The normalized spacial score (nSPS) is 12.9. The number of fused-ring (bicyclic) bond motifs is 2. The van der Waals surface area contributed by atoms with Gasteiger partial charge in [-0.15, -0.1) is 0 Å². The molecule has 0 unspecified atom stereocenters. The SMILES string of the molecule is Cc1c(-c2ccc(F)cc2)ccc2c(N3CCc4cc(Cl)ccc43)nc(-c3cccnc3)nc12. The third kappa shape index (κ3) is 3.49. The molecule has 5 aromatic rings. The van der Waals surface area contributed by atoms with Crippen LogP contribution in [-0.4, -0.2) is 21.5 Å². The van der Waals surface area contributed by atoms with Gasteiger partial charge < -0.3 is 4.90 Å². The molecule has 0 saturated heterocycles. The first-order chi connectivity index (χ1) is 16.6. The lowest BCUT2D eigenvalue weighted by Crippen LogP contribution is -2.16. The molecule has 166 valence electrons. The molecule has 0 bridgehead atoms. The summed E-state index contributed by atoms with van der Waals surface area (Å²) in [5.41, 5.74) is 7.03. The fourth-order valence-electron chi connectivity index (χ4n) is 4.68. The molecule has 2 aromatic heterocycles. The average molecular weight is 467 g/mol. The zero-order valence-electron chi connectivity index (χ0n) is 18.5. The van der Waals surface area contributed by atoms with E-state index >= 15 is 0 Å². The van der Waals surface area contributed by atoms with Crippen LogP contribution in [-0.2, 0) is 6.42 Å². The molecule has 0 N–H and O–H groups in total. The van der Waals surface area contributed by atoms with Crippen LogP contribution in [0.15, 0.2) is 79.1 Å². The van der Waals surface area contributed by atoms with Gasteiger partial charge in [0, 0.05) is 40.6 Å². The van der Waals surface area contributed by atoms with Crippen molar-refractivity contribution in [3.05, 3.63) is 101 Å². The molecule has 34 heavy (non-hydrogen) atoms. The molecular weight excluding hydrogens is 447 g/mol. The minimum Gasteiger partial charge on any atom is -0.325 e. The molecule has 0 spiro atoms. The lowest BCUT2D eigenvalue weighted by Gasteiger charge is -2.22. The van der Waals surface area contributed by atoms with Gasteiger partial charge in [-0.3, -0.25) is 4.98 Å². The van der Waals surface area contributed by atoms with Crippen molar-refractivity contribution in [1.29, 1.82) is 0 Å². The summed E-state index contributed by atoms with van der Waals surface area (Å²) in [6, 6.07) is 20.6. The van der Waals surface area contributed by atoms with Crippen molar-refractivity contribution in [3.8, 4) is 22.5 Å². The van der Waals surface area contributed by atoms with Crippen LogP contribution in [0, 0.1) is 12.7 Å². The van der Waals surface area contributed by atoms with Gasteiger partial charge >= 0.3 is 0 Å². The van der Waals surface area contributed by atoms with Crippen LogP contribution in [0.3, 0.4) is 0 Å². The number of halogens is 2. The fourth-order valence-corrected chi connectivity index (χ4v) is 4.87. The number of hydrogen-bond donors (Lipinski definition) is 0. The predicted octanol–water partition coefficient (Wildman–Crippen LogP) is 7.15. The molecule has 1 aliphatic heterocycles. The molecule has 6 rings (SSSR count). The van der Waals surface area contributed by atoms with E-state index in [1.54, 1.807) is 24.5 Å².